The second-order valence-electron chi connectivity index (χ2n) is 10.8. The molecule has 0 spiro atoms. The lowest BCUT2D eigenvalue weighted by Gasteiger charge is -2.29. The maximum absolute atomic E-state index is 13.2. The molecule has 0 atom stereocenters. The highest BCUT2D eigenvalue weighted by molar-refractivity contribution is 6.33. The van der Waals surface area contributed by atoms with Crippen LogP contribution in [0.1, 0.15) is 46.4 Å². The molecule has 11 heteroatoms. The molecule has 0 saturated carbocycles. The summed E-state index contributed by atoms with van der Waals surface area (Å²) >= 11 is 6.66. The summed E-state index contributed by atoms with van der Waals surface area (Å²) < 4.78 is 1.64. The van der Waals surface area contributed by atoms with E-state index in [1.54, 1.807) is 17.0 Å². The molecule has 4 aromatic rings. The van der Waals surface area contributed by atoms with Gasteiger partial charge in [0, 0.05) is 39.1 Å². The topological polar surface area (TPSA) is 108 Å². The number of anilines is 2. The normalized spacial score (nSPS) is 15.3. The Morgan fingerprint density at radius 2 is 1.95 bits per heavy atom. The van der Waals surface area contributed by atoms with Crippen molar-refractivity contribution in [2.24, 2.45) is 0 Å². The Kier molecular flexibility index (Phi) is 7.35. The molecule has 2 aliphatic rings. The third-order valence-corrected chi connectivity index (χ3v) is 8.33. The van der Waals surface area contributed by atoms with E-state index in [1.165, 1.54) is 31.5 Å². The van der Waals surface area contributed by atoms with Crippen LogP contribution in [0.25, 0.3) is 16.7 Å². The van der Waals surface area contributed by atoms with E-state index in [0.717, 1.165) is 48.8 Å². The van der Waals surface area contributed by atoms with Crippen LogP contribution >= 0.6 is 11.6 Å². The fourth-order valence-electron chi connectivity index (χ4n) is 5.71. The molecule has 1 saturated heterocycles. The minimum absolute atomic E-state index is 0.135. The number of carbonyl (C=O) groups is 1. The Balaban J connectivity index is 1.38. The van der Waals surface area contributed by atoms with Gasteiger partial charge in [-0.25, -0.2) is 14.8 Å². The number of aryl methyl sites for hydroxylation is 1. The van der Waals surface area contributed by atoms with Crippen LogP contribution in [-0.2, 0) is 13.1 Å². The highest BCUT2D eigenvalue weighted by Crippen LogP contribution is 2.33. The summed E-state index contributed by atoms with van der Waals surface area (Å²) in [6.45, 7) is 7.18. The second-order valence-corrected chi connectivity index (χ2v) is 11.2. The third kappa shape index (κ3) is 5.25. The molecule has 0 radical (unpaired) electrons. The minimum atomic E-state index is -1.31. The zero-order valence-corrected chi connectivity index (χ0v) is 23.9. The molecule has 0 aliphatic carbocycles. The molecule has 41 heavy (non-hydrogen) atoms. The number of nitrogens with zero attached hydrogens (tertiary/aromatic N) is 7. The molecule has 212 valence electrons. The fraction of sp³-hybridized carbons (Fsp3) is 0.367. The van der Waals surface area contributed by atoms with Gasteiger partial charge in [0.2, 0.25) is 5.43 Å². The first-order valence-corrected chi connectivity index (χ1v) is 14.3. The zero-order valence-electron chi connectivity index (χ0n) is 23.2. The predicted molar refractivity (Wildman–Crippen MR) is 160 cm³/mol. The second kappa shape index (κ2) is 11.1. The van der Waals surface area contributed by atoms with Gasteiger partial charge >= 0.3 is 5.97 Å². The van der Waals surface area contributed by atoms with E-state index in [1.807, 2.05) is 37.1 Å². The third-order valence-electron chi connectivity index (χ3n) is 8.05. The van der Waals surface area contributed by atoms with Gasteiger partial charge in [-0.05, 0) is 62.2 Å². The number of carboxylic acids is 1. The van der Waals surface area contributed by atoms with Crippen molar-refractivity contribution in [2.45, 2.75) is 39.3 Å². The molecule has 0 unspecified atom stereocenters. The number of rotatable bonds is 7. The summed E-state index contributed by atoms with van der Waals surface area (Å²) in [5, 5.41) is 10.2. The Bertz CT molecular complexity index is 1680. The van der Waals surface area contributed by atoms with Crippen LogP contribution in [-0.4, -0.2) is 68.7 Å². The molecule has 0 aromatic carbocycles. The summed E-state index contributed by atoms with van der Waals surface area (Å²) in [6.07, 6.45) is 8.62. The van der Waals surface area contributed by atoms with Crippen molar-refractivity contribution in [2.75, 3.05) is 43.0 Å². The predicted octanol–water partition coefficient (Wildman–Crippen LogP) is 4.28. The molecule has 6 rings (SSSR count). The average molecular weight is 574 g/mol. The number of hydrogen-bond donors (Lipinski definition) is 1. The van der Waals surface area contributed by atoms with Crippen molar-refractivity contribution in [3.8, 4) is 5.69 Å². The molecule has 0 amide bonds. The van der Waals surface area contributed by atoms with Gasteiger partial charge in [-0.1, -0.05) is 24.1 Å². The van der Waals surface area contributed by atoms with Crippen LogP contribution in [0.2, 0.25) is 5.02 Å². The molecule has 10 nitrogen and oxygen atoms in total. The number of aromatic nitrogens is 4. The molecular weight excluding hydrogens is 542 g/mol. The quantitative estimate of drug-likeness (QED) is 0.346. The SMILES string of the molecule is Cc1cc(N(C)CCN2CCCCC2)ncc1-n1cc(C(=O)O)c(=O)c2cc(Cl)c(N3Cc4cccnc4C3)nc21. The number of halogens is 1. The Labute approximate surface area is 242 Å². The van der Waals surface area contributed by atoms with Crippen LogP contribution in [0, 0.1) is 6.92 Å². The summed E-state index contributed by atoms with van der Waals surface area (Å²) in [6, 6.07) is 7.42. The smallest absolute Gasteiger partial charge is 0.341 e. The first kappa shape index (κ1) is 27.2. The molecule has 6 heterocycles. The number of pyridine rings is 4. The van der Waals surface area contributed by atoms with Crippen molar-refractivity contribution < 1.29 is 9.90 Å². The molecular formula is C30H32ClN7O3. The van der Waals surface area contributed by atoms with E-state index in [0.29, 0.717) is 30.2 Å². The van der Waals surface area contributed by atoms with Gasteiger partial charge in [-0.15, -0.1) is 0 Å². The number of carboxylic acid groups (broad SMARTS) is 1. The van der Waals surface area contributed by atoms with E-state index in [-0.39, 0.29) is 16.0 Å². The lowest BCUT2D eigenvalue weighted by Crippen LogP contribution is -2.36. The zero-order chi connectivity index (χ0) is 28.7. The summed E-state index contributed by atoms with van der Waals surface area (Å²) in [5.74, 6) is 0.0192. The lowest BCUT2D eigenvalue weighted by atomic mass is 10.1. The molecule has 1 N–H and O–H groups in total. The van der Waals surface area contributed by atoms with Gasteiger partial charge in [0.25, 0.3) is 0 Å². The fourth-order valence-corrected chi connectivity index (χ4v) is 5.98. The highest BCUT2D eigenvalue weighted by Gasteiger charge is 2.26. The Morgan fingerprint density at radius 1 is 1.15 bits per heavy atom. The molecule has 4 aromatic heterocycles. The number of hydrogen-bond acceptors (Lipinski definition) is 8. The van der Waals surface area contributed by atoms with Crippen molar-refractivity contribution in [1.29, 1.82) is 0 Å². The molecule has 0 bridgehead atoms. The van der Waals surface area contributed by atoms with Crippen LogP contribution in [0.3, 0.4) is 0 Å². The van der Waals surface area contributed by atoms with Crippen molar-refractivity contribution in [3.63, 3.8) is 0 Å². The van der Waals surface area contributed by atoms with Gasteiger partial charge in [0.05, 0.1) is 34.5 Å². The number of piperidine rings is 1. The Hall–Kier alpha value is -4.02. The summed E-state index contributed by atoms with van der Waals surface area (Å²) in [7, 11) is 2.03. The van der Waals surface area contributed by atoms with Gasteiger partial charge in [-0.2, -0.15) is 0 Å². The largest absolute Gasteiger partial charge is 0.477 e. The average Bonchev–Trinajstić information content (AvgIpc) is 3.41. The number of likely N-dealkylation sites (tertiary alicyclic amines) is 1. The van der Waals surface area contributed by atoms with Crippen molar-refractivity contribution >= 4 is 40.2 Å². The molecule has 1 fully saturated rings. The molecule has 2 aliphatic heterocycles. The highest BCUT2D eigenvalue weighted by atomic mass is 35.5. The van der Waals surface area contributed by atoms with E-state index < -0.39 is 11.4 Å². The van der Waals surface area contributed by atoms with Crippen molar-refractivity contribution in [1.82, 2.24) is 24.4 Å². The van der Waals surface area contributed by atoms with Crippen LogP contribution < -0.4 is 15.2 Å². The van der Waals surface area contributed by atoms with Crippen LogP contribution in [0.4, 0.5) is 11.6 Å². The maximum atomic E-state index is 13.2. The van der Waals surface area contributed by atoms with E-state index in [9.17, 15) is 14.7 Å². The number of likely N-dealkylation sites (N-methyl/N-ethyl adjacent to an activating group) is 1. The standard InChI is InChI=1S/C30H32ClN7O3/c1-19-13-26(35(2)11-12-36-9-4-3-5-10-36)33-15-25(19)38-17-22(30(40)41)27(39)21-14-23(31)29(34-28(21)38)37-16-20-7-6-8-32-24(20)18-37/h6-8,13-15,17H,3-5,9-12,16,18H2,1-2H3,(H,40,41). The van der Waals surface area contributed by atoms with Crippen LogP contribution in [0.5, 0.6) is 0 Å². The van der Waals surface area contributed by atoms with E-state index in [2.05, 4.69) is 14.8 Å². The van der Waals surface area contributed by atoms with Gasteiger partial charge in [0.15, 0.2) is 11.5 Å². The minimum Gasteiger partial charge on any atom is -0.477 e. The van der Waals surface area contributed by atoms with Crippen LogP contribution in [0.15, 0.2) is 47.7 Å². The first-order valence-electron chi connectivity index (χ1n) is 13.9. The van der Waals surface area contributed by atoms with Gasteiger partial charge in [0.1, 0.15) is 11.4 Å². The summed E-state index contributed by atoms with van der Waals surface area (Å²) in [4.78, 5) is 45.9. The lowest BCUT2D eigenvalue weighted by molar-refractivity contribution is 0.0695. The van der Waals surface area contributed by atoms with Gasteiger partial charge < -0.3 is 19.8 Å². The maximum Gasteiger partial charge on any atom is 0.341 e. The van der Waals surface area contributed by atoms with Crippen molar-refractivity contribution in [3.05, 3.63) is 80.5 Å². The Morgan fingerprint density at radius 3 is 2.68 bits per heavy atom. The van der Waals surface area contributed by atoms with E-state index >= 15 is 0 Å². The summed E-state index contributed by atoms with van der Waals surface area (Å²) in [5.41, 5.74) is 2.88. The van der Waals surface area contributed by atoms with Gasteiger partial charge in [-0.3, -0.25) is 14.3 Å². The van der Waals surface area contributed by atoms with E-state index in [4.69, 9.17) is 21.6 Å². The number of aromatic carboxylic acids is 1. The number of fused-ring (bicyclic) bond motifs is 2. The first-order chi connectivity index (χ1) is 19.8. The monoisotopic (exact) mass is 573 g/mol.